The van der Waals surface area contributed by atoms with E-state index in [0.29, 0.717) is 12.2 Å². The zero-order valence-electron chi connectivity index (χ0n) is 12.5. The number of carbonyl (C=O) groups excluding carboxylic acids is 1. The average Bonchev–Trinajstić information content (AvgIpc) is 2.54. The van der Waals surface area contributed by atoms with Crippen LogP contribution in [0.25, 0.3) is 22.0 Å². The van der Waals surface area contributed by atoms with E-state index in [2.05, 4.69) is 9.97 Å². The minimum Gasteiger partial charge on any atom is -0.462 e. The second-order valence-electron chi connectivity index (χ2n) is 4.92. The third kappa shape index (κ3) is 2.55. The Kier molecular flexibility index (Phi) is 3.83. The zero-order chi connectivity index (χ0) is 15.5. The molecule has 0 fully saturated rings. The Labute approximate surface area is 128 Å². The topological polar surface area (TPSA) is 52.1 Å². The van der Waals surface area contributed by atoms with E-state index in [0.717, 1.165) is 27.9 Å². The van der Waals surface area contributed by atoms with Gasteiger partial charge in [0.15, 0.2) is 0 Å². The lowest BCUT2D eigenvalue weighted by Gasteiger charge is -2.10. The molecule has 0 bridgehead atoms. The van der Waals surface area contributed by atoms with Crippen LogP contribution in [0.15, 0.2) is 48.7 Å². The van der Waals surface area contributed by atoms with Crippen LogP contribution in [-0.4, -0.2) is 22.5 Å². The van der Waals surface area contributed by atoms with Crippen LogP contribution in [0.5, 0.6) is 0 Å². The number of aryl methyl sites for hydroxylation is 1. The summed E-state index contributed by atoms with van der Waals surface area (Å²) in [6, 6.07) is 13.4. The molecule has 1 heterocycles. The first-order valence-corrected chi connectivity index (χ1v) is 7.19. The average molecular weight is 292 g/mol. The van der Waals surface area contributed by atoms with E-state index in [1.807, 2.05) is 43.3 Å². The van der Waals surface area contributed by atoms with Crippen molar-refractivity contribution in [3.8, 4) is 11.3 Å². The lowest BCUT2D eigenvalue weighted by molar-refractivity contribution is 0.0528. The molecule has 0 saturated carbocycles. The number of hydrogen-bond donors (Lipinski definition) is 0. The quantitative estimate of drug-likeness (QED) is 0.689. The van der Waals surface area contributed by atoms with Crippen molar-refractivity contribution in [1.82, 2.24) is 9.97 Å². The van der Waals surface area contributed by atoms with Gasteiger partial charge in [-0.3, -0.25) is 0 Å². The van der Waals surface area contributed by atoms with Gasteiger partial charge in [0.05, 0.1) is 17.9 Å². The first-order valence-electron chi connectivity index (χ1n) is 7.19. The Balaban J connectivity index is 2.22. The van der Waals surface area contributed by atoms with Gasteiger partial charge in [0, 0.05) is 11.8 Å². The first kappa shape index (κ1) is 14.2. The fourth-order valence-electron chi connectivity index (χ4n) is 2.52. The minimum absolute atomic E-state index is 0.302. The summed E-state index contributed by atoms with van der Waals surface area (Å²) < 4.78 is 5.14. The maximum absolute atomic E-state index is 12.1. The predicted molar refractivity (Wildman–Crippen MR) is 85.7 cm³/mol. The first-order chi connectivity index (χ1) is 10.7. The lowest BCUT2D eigenvalue weighted by atomic mass is 9.97. The third-order valence-corrected chi connectivity index (χ3v) is 3.47. The summed E-state index contributed by atoms with van der Waals surface area (Å²) in [5.74, 6) is 0.417. The predicted octanol–water partition coefficient (Wildman–Crippen LogP) is 3.78. The van der Waals surface area contributed by atoms with Gasteiger partial charge in [-0.2, -0.15) is 0 Å². The molecule has 0 radical (unpaired) electrons. The normalized spacial score (nSPS) is 10.6. The van der Waals surface area contributed by atoms with Crippen molar-refractivity contribution in [3.63, 3.8) is 0 Å². The van der Waals surface area contributed by atoms with E-state index in [1.54, 1.807) is 19.2 Å². The molecule has 1 aromatic heterocycles. The highest BCUT2D eigenvalue weighted by Crippen LogP contribution is 2.30. The molecule has 0 N–H and O–H groups in total. The fraction of sp³-hybridized carbons (Fsp3) is 0.167. The third-order valence-electron chi connectivity index (χ3n) is 3.47. The van der Waals surface area contributed by atoms with Crippen LogP contribution >= 0.6 is 0 Å². The van der Waals surface area contributed by atoms with E-state index in [1.165, 1.54) is 0 Å². The number of esters is 1. The van der Waals surface area contributed by atoms with Crippen LogP contribution in [0.2, 0.25) is 0 Å². The van der Waals surface area contributed by atoms with Gasteiger partial charge in [0.1, 0.15) is 5.82 Å². The number of ether oxygens (including phenoxy) is 1. The number of benzene rings is 2. The number of fused-ring (bicyclic) bond motifs is 1. The number of nitrogens with zero attached hydrogens (tertiary/aromatic N) is 2. The molecule has 4 heteroatoms. The van der Waals surface area contributed by atoms with Gasteiger partial charge < -0.3 is 4.74 Å². The molecule has 0 aliphatic carbocycles. The van der Waals surface area contributed by atoms with Crippen molar-refractivity contribution in [2.24, 2.45) is 0 Å². The van der Waals surface area contributed by atoms with E-state index in [9.17, 15) is 4.79 Å². The van der Waals surface area contributed by atoms with Crippen LogP contribution < -0.4 is 0 Å². The van der Waals surface area contributed by atoms with Gasteiger partial charge in [-0.1, -0.05) is 30.3 Å². The largest absolute Gasteiger partial charge is 0.462 e. The smallest absolute Gasteiger partial charge is 0.338 e. The Morgan fingerprint density at radius 3 is 2.59 bits per heavy atom. The molecular formula is C18H16N2O2. The van der Waals surface area contributed by atoms with Gasteiger partial charge >= 0.3 is 5.97 Å². The van der Waals surface area contributed by atoms with Crippen LogP contribution in [-0.2, 0) is 4.74 Å². The van der Waals surface area contributed by atoms with E-state index < -0.39 is 0 Å². The van der Waals surface area contributed by atoms with Crippen molar-refractivity contribution in [1.29, 1.82) is 0 Å². The SMILES string of the molecule is CCOC(=O)c1ccc(-c2ccnc(C)n2)c2ccccc12. The Morgan fingerprint density at radius 1 is 1.09 bits per heavy atom. The highest BCUT2D eigenvalue weighted by Gasteiger charge is 2.14. The molecule has 0 aliphatic heterocycles. The Hall–Kier alpha value is -2.75. The van der Waals surface area contributed by atoms with Crippen LogP contribution in [0.1, 0.15) is 23.1 Å². The molecule has 0 atom stereocenters. The summed E-state index contributed by atoms with van der Waals surface area (Å²) in [4.78, 5) is 20.7. The van der Waals surface area contributed by atoms with Crippen LogP contribution in [0, 0.1) is 6.92 Å². The molecule has 4 nitrogen and oxygen atoms in total. The zero-order valence-corrected chi connectivity index (χ0v) is 12.5. The number of rotatable bonds is 3. The van der Waals surface area contributed by atoms with Gasteiger partial charge in [-0.15, -0.1) is 0 Å². The molecule has 0 saturated heterocycles. The van der Waals surface area contributed by atoms with E-state index in [-0.39, 0.29) is 5.97 Å². The van der Waals surface area contributed by atoms with Gasteiger partial charge in [-0.05, 0) is 36.8 Å². The van der Waals surface area contributed by atoms with Crippen molar-refractivity contribution in [2.75, 3.05) is 6.61 Å². The highest BCUT2D eigenvalue weighted by molar-refractivity contribution is 6.08. The number of hydrogen-bond acceptors (Lipinski definition) is 4. The Morgan fingerprint density at radius 2 is 1.86 bits per heavy atom. The van der Waals surface area contributed by atoms with E-state index in [4.69, 9.17) is 4.74 Å². The summed E-state index contributed by atoms with van der Waals surface area (Å²) in [6.45, 7) is 4.02. The lowest BCUT2D eigenvalue weighted by Crippen LogP contribution is -2.05. The summed E-state index contributed by atoms with van der Waals surface area (Å²) in [5, 5.41) is 1.85. The molecule has 3 aromatic rings. The van der Waals surface area contributed by atoms with Crippen molar-refractivity contribution < 1.29 is 9.53 Å². The van der Waals surface area contributed by atoms with Crippen molar-refractivity contribution in [3.05, 3.63) is 60.0 Å². The van der Waals surface area contributed by atoms with Crippen LogP contribution in [0.3, 0.4) is 0 Å². The maximum Gasteiger partial charge on any atom is 0.338 e. The summed E-state index contributed by atoms with van der Waals surface area (Å²) in [6.07, 6.45) is 1.74. The highest BCUT2D eigenvalue weighted by atomic mass is 16.5. The second kappa shape index (κ2) is 5.93. The molecule has 22 heavy (non-hydrogen) atoms. The standard InChI is InChI=1S/C18H16N2O2/c1-3-22-18(21)16-9-8-15(13-6-4-5-7-14(13)16)17-10-11-19-12(2)20-17/h4-11H,3H2,1-2H3. The second-order valence-corrected chi connectivity index (χ2v) is 4.92. The molecule has 3 rings (SSSR count). The number of carbonyl (C=O) groups is 1. The number of aromatic nitrogens is 2. The molecule has 2 aromatic carbocycles. The summed E-state index contributed by atoms with van der Waals surface area (Å²) in [5.41, 5.74) is 2.40. The molecule has 0 aliphatic rings. The Bertz CT molecular complexity index is 843. The molecule has 110 valence electrons. The molecule has 0 amide bonds. The fourth-order valence-corrected chi connectivity index (χ4v) is 2.52. The summed E-state index contributed by atoms with van der Waals surface area (Å²) >= 11 is 0. The van der Waals surface area contributed by atoms with Gasteiger partial charge in [-0.25, -0.2) is 14.8 Å². The van der Waals surface area contributed by atoms with Crippen molar-refractivity contribution in [2.45, 2.75) is 13.8 Å². The molecule has 0 unspecified atom stereocenters. The van der Waals surface area contributed by atoms with Gasteiger partial charge in [0.25, 0.3) is 0 Å². The molecular weight excluding hydrogens is 276 g/mol. The van der Waals surface area contributed by atoms with Crippen LogP contribution in [0.4, 0.5) is 0 Å². The minimum atomic E-state index is -0.302. The van der Waals surface area contributed by atoms with E-state index >= 15 is 0 Å². The van der Waals surface area contributed by atoms with Crippen molar-refractivity contribution >= 4 is 16.7 Å². The van der Waals surface area contributed by atoms with Gasteiger partial charge in [0.2, 0.25) is 0 Å². The monoisotopic (exact) mass is 292 g/mol. The summed E-state index contributed by atoms with van der Waals surface area (Å²) in [7, 11) is 0. The molecule has 0 spiro atoms. The maximum atomic E-state index is 12.1.